The van der Waals surface area contributed by atoms with E-state index in [2.05, 4.69) is 0 Å². The highest BCUT2D eigenvalue weighted by Crippen LogP contribution is 2.20. The van der Waals surface area contributed by atoms with Gasteiger partial charge in [0, 0.05) is 6.42 Å². The van der Waals surface area contributed by atoms with Gasteiger partial charge in [0.25, 0.3) is 10.1 Å². The molecule has 0 amide bonds. The maximum absolute atomic E-state index is 10.8. The Hall–Kier alpha value is -0.210. The summed E-state index contributed by atoms with van der Waals surface area (Å²) in [6.07, 6.45) is -2.91. The molecule has 0 radical (unpaired) electrons. The zero-order valence-corrected chi connectivity index (χ0v) is 8.32. The minimum Gasteiger partial charge on any atom is -0.393 e. The van der Waals surface area contributed by atoms with Gasteiger partial charge in [0.2, 0.25) is 0 Å². The highest BCUT2D eigenvalue weighted by Gasteiger charge is 2.44. The standard InChI is InChI=1S/C6H15NO5S/c1-4(8)3-6(7,5(2)9)13(10,11)12/h4-5,8-9H,3,7H2,1-2H3,(H,10,11,12). The second kappa shape index (κ2) is 3.89. The van der Waals surface area contributed by atoms with Gasteiger partial charge in [-0.25, -0.2) is 0 Å². The van der Waals surface area contributed by atoms with Crippen LogP contribution in [-0.2, 0) is 10.1 Å². The smallest absolute Gasteiger partial charge is 0.286 e. The summed E-state index contributed by atoms with van der Waals surface area (Å²) in [5.41, 5.74) is 5.27. The van der Waals surface area contributed by atoms with Crippen LogP contribution in [0.3, 0.4) is 0 Å². The summed E-state index contributed by atoms with van der Waals surface area (Å²) >= 11 is 0. The van der Waals surface area contributed by atoms with Crippen molar-refractivity contribution in [1.29, 1.82) is 0 Å². The van der Waals surface area contributed by atoms with Crippen LogP contribution >= 0.6 is 0 Å². The van der Waals surface area contributed by atoms with E-state index in [1.807, 2.05) is 0 Å². The topological polar surface area (TPSA) is 121 Å². The zero-order valence-electron chi connectivity index (χ0n) is 7.51. The number of aliphatic hydroxyl groups excluding tert-OH is 2. The van der Waals surface area contributed by atoms with E-state index in [9.17, 15) is 8.42 Å². The maximum atomic E-state index is 10.8. The molecule has 0 aromatic carbocycles. The maximum Gasteiger partial charge on any atom is 0.286 e. The molecule has 0 fully saturated rings. The molecule has 13 heavy (non-hydrogen) atoms. The molecule has 3 unspecified atom stereocenters. The summed E-state index contributed by atoms with van der Waals surface area (Å²) in [5.74, 6) is 0. The van der Waals surface area contributed by atoms with Gasteiger partial charge >= 0.3 is 0 Å². The van der Waals surface area contributed by atoms with Crippen LogP contribution in [0, 0.1) is 0 Å². The first-order valence-corrected chi connectivity index (χ1v) is 5.17. The lowest BCUT2D eigenvalue weighted by Crippen LogP contribution is -2.57. The third kappa shape index (κ3) is 2.89. The van der Waals surface area contributed by atoms with E-state index in [4.69, 9.17) is 20.5 Å². The molecule has 0 aliphatic carbocycles. The lowest BCUT2D eigenvalue weighted by molar-refractivity contribution is 0.0910. The van der Waals surface area contributed by atoms with Crippen molar-refractivity contribution in [3.05, 3.63) is 0 Å². The molecule has 0 aromatic heterocycles. The first kappa shape index (κ1) is 12.8. The van der Waals surface area contributed by atoms with Gasteiger partial charge in [0.05, 0.1) is 12.2 Å². The highest BCUT2D eigenvalue weighted by molar-refractivity contribution is 7.87. The molecular formula is C6H15NO5S. The third-order valence-corrected chi connectivity index (χ3v) is 3.27. The second-order valence-corrected chi connectivity index (χ2v) is 4.87. The van der Waals surface area contributed by atoms with Crippen LogP contribution in [0.1, 0.15) is 20.3 Å². The lowest BCUT2D eigenvalue weighted by atomic mass is 10.1. The van der Waals surface area contributed by atoms with Gasteiger partial charge in [-0.1, -0.05) is 0 Å². The average molecular weight is 213 g/mol. The summed E-state index contributed by atoms with van der Waals surface area (Å²) in [5, 5.41) is 18.0. The second-order valence-electron chi connectivity index (χ2n) is 3.16. The van der Waals surface area contributed by atoms with Crippen molar-refractivity contribution in [2.24, 2.45) is 5.73 Å². The van der Waals surface area contributed by atoms with Crippen molar-refractivity contribution in [2.45, 2.75) is 37.3 Å². The van der Waals surface area contributed by atoms with Gasteiger partial charge in [0.1, 0.15) is 0 Å². The van der Waals surface area contributed by atoms with E-state index in [0.717, 1.165) is 6.92 Å². The zero-order chi connectivity index (χ0) is 10.9. The molecular weight excluding hydrogens is 198 g/mol. The first-order valence-electron chi connectivity index (χ1n) is 3.73. The van der Waals surface area contributed by atoms with Gasteiger partial charge in [0.15, 0.2) is 4.87 Å². The number of aliphatic hydroxyl groups is 2. The van der Waals surface area contributed by atoms with Gasteiger partial charge in [-0.05, 0) is 13.8 Å². The van der Waals surface area contributed by atoms with Crippen LogP contribution < -0.4 is 5.73 Å². The van der Waals surface area contributed by atoms with Gasteiger partial charge < -0.3 is 15.9 Å². The summed E-state index contributed by atoms with van der Waals surface area (Å²) in [6, 6.07) is 0. The molecule has 0 aromatic rings. The molecule has 0 aliphatic heterocycles. The van der Waals surface area contributed by atoms with E-state index >= 15 is 0 Å². The van der Waals surface area contributed by atoms with Crippen molar-refractivity contribution >= 4 is 10.1 Å². The molecule has 0 aliphatic rings. The Bertz CT molecular complexity index is 260. The van der Waals surface area contributed by atoms with Gasteiger partial charge in [-0.3, -0.25) is 4.55 Å². The average Bonchev–Trinajstić information content (AvgIpc) is 1.82. The predicted octanol–water partition coefficient (Wildman–Crippen LogP) is -1.32. The van der Waals surface area contributed by atoms with Gasteiger partial charge in [-0.2, -0.15) is 8.42 Å². The largest absolute Gasteiger partial charge is 0.393 e. The highest BCUT2D eigenvalue weighted by atomic mass is 32.2. The van der Waals surface area contributed by atoms with E-state index in [-0.39, 0.29) is 0 Å². The van der Waals surface area contributed by atoms with Crippen molar-refractivity contribution in [2.75, 3.05) is 0 Å². The summed E-state index contributed by atoms with van der Waals surface area (Å²) in [7, 11) is -4.59. The SMILES string of the molecule is CC(O)CC(N)(C(C)O)S(=O)(=O)O. The molecule has 7 heteroatoms. The van der Waals surface area contributed by atoms with Crippen LogP contribution in [0.2, 0.25) is 0 Å². The Kier molecular flexibility index (Phi) is 3.82. The molecule has 0 saturated heterocycles. The molecule has 6 nitrogen and oxygen atoms in total. The Morgan fingerprint density at radius 1 is 1.38 bits per heavy atom. The molecule has 5 N–H and O–H groups in total. The Labute approximate surface area is 77.1 Å². The predicted molar refractivity (Wildman–Crippen MR) is 46.4 cm³/mol. The van der Waals surface area contributed by atoms with Crippen LogP contribution in [0.25, 0.3) is 0 Å². The molecule has 0 spiro atoms. The van der Waals surface area contributed by atoms with Crippen molar-refractivity contribution in [3.63, 3.8) is 0 Å². The number of nitrogens with two attached hydrogens (primary N) is 1. The fourth-order valence-electron chi connectivity index (χ4n) is 0.953. The summed E-state index contributed by atoms with van der Waals surface area (Å²) in [4.78, 5) is -2.21. The van der Waals surface area contributed by atoms with Crippen LogP contribution in [0.15, 0.2) is 0 Å². The number of hydrogen-bond donors (Lipinski definition) is 4. The minimum atomic E-state index is -4.59. The number of rotatable bonds is 4. The van der Waals surface area contributed by atoms with Crippen molar-refractivity contribution < 1.29 is 23.2 Å². The quantitative estimate of drug-likeness (QED) is 0.430. The fourth-order valence-corrected chi connectivity index (χ4v) is 1.84. The molecule has 3 atom stereocenters. The Morgan fingerprint density at radius 3 is 1.85 bits per heavy atom. The van der Waals surface area contributed by atoms with E-state index in [1.54, 1.807) is 0 Å². The molecule has 80 valence electrons. The Balaban J connectivity index is 4.98. The third-order valence-electron chi connectivity index (χ3n) is 1.80. The minimum absolute atomic E-state index is 0.427. The lowest BCUT2D eigenvalue weighted by Gasteiger charge is -2.29. The molecule has 0 rings (SSSR count). The van der Waals surface area contributed by atoms with Crippen LogP contribution in [0.5, 0.6) is 0 Å². The fraction of sp³-hybridized carbons (Fsp3) is 1.00. The van der Waals surface area contributed by atoms with Crippen molar-refractivity contribution in [1.82, 2.24) is 0 Å². The molecule has 0 heterocycles. The molecule has 0 bridgehead atoms. The van der Waals surface area contributed by atoms with Crippen molar-refractivity contribution in [3.8, 4) is 0 Å². The summed E-state index contributed by atoms with van der Waals surface area (Å²) in [6.45, 7) is 2.45. The van der Waals surface area contributed by atoms with Crippen LogP contribution in [0.4, 0.5) is 0 Å². The monoisotopic (exact) mass is 213 g/mol. The first-order chi connectivity index (χ1) is 5.61. The van der Waals surface area contributed by atoms with Gasteiger partial charge in [-0.15, -0.1) is 0 Å². The van der Waals surface area contributed by atoms with E-state index in [0.29, 0.717) is 0 Å². The Morgan fingerprint density at radius 2 is 1.77 bits per heavy atom. The summed E-state index contributed by atoms with van der Waals surface area (Å²) < 4.78 is 30.3. The molecule has 0 saturated carbocycles. The van der Waals surface area contributed by atoms with Crippen LogP contribution in [-0.4, -0.2) is 40.3 Å². The van der Waals surface area contributed by atoms with E-state index in [1.165, 1.54) is 6.92 Å². The number of hydrogen-bond acceptors (Lipinski definition) is 5. The normalized spacial score (nSPS) is 22.0. The van der Waals surface area contributed by atoms with E-state index < -0.39 is 33.6 Å².